The fourth-order valence-corrected chi connectivity index (χ4v) is 5.95. The van der Waals surface area contributed by atoms with Crippen molar-refractivity contribution in [1.29, 1.82) is 0 Å². The molecule has 3 rings (SSSR count). The molecule has 0 saturated heterocycles. The molecule has 0 spiro atoms. The molecule has 3 aliphatic rings. The Balaban J connectivity index is 1.86. The van der Waals surface area contributed by atoms with Gasteiger partial charge in [-0.1, -0.05) is 54.9 Å². The van der Waals surface area contributed by atoms with Crippen molar-refractivity contribution in [2.24, 2.45) is 35.0 Å². The van der Waals surface area contributed by atoms with Gasteiger partial charge in [-0.25, -0.2) is 0 Å². The topological polar surface area (TPSA) is 17.1 Å². The van der Waals surface area contributed by atoms with Crippen LogP contribution in [0.25, 0.3) is 0 Å². The van der Waals surface area contributed by atoms with Gasteiger partial charge in [0.25, 0.3) is 0 Å². The molecule has 0 radical (unpaired) electrons. The summed E-state index contributed by atoms with van der Waals surface area (Å²) in [6, 6.07) is 0. The first-order valence-electron chi connectivity index (χ1n) is 10.4. The highest BCUT2D eigenvalue weighted by atomic mass is 16.1. The van der Waals surface area contributed by atoms with Gasteiger partial charge in [0.05, 0.1) is 0 Å². The maximum absolute atomic E-state index is 12.5. The van der Waals surface area contributed by atoms with Crippen LogP contribution in [0.1, 0.15) is 67.2 Å². The van der Waals surface area contributed by atoms with Crippen molar-refractivity contribution in [2.75, 3.05) is 0 Å². The lowest BCUT2D eigenvalue weighted by Crippen LogP contribution is -2.34. The molecular formula is C25H36O. The van der Waals surface area contributed by atoms with Crippen LogP contribution in [0.5, 0.6) is 0 Å². The second-order valence-corrected chi connectivity index (χ2v) is 9.71. The number of carbonyl (C=O) groups is 1. The van der Waals surface area contributed by atoms with Crippen LogP contribution >= 0.6 is 0 Å². The molecule has 0 unspecified atom stereocenters. The fraction of sp³-hybridized carbons (Fsp3) is 0.640. The molecule has 1 heteroatoms. The SMILES string of the molecule is CC(C)=C/C=C\[C@H](C)[C@H]1CC[C@]2(C)C[C@@H]3C(C)=CC(=O)[C@H]3/C(C)=C\C[C@@H]12. The average Bonchev–Trinajstić information content (AvgIpc) is 3.00. The van der Waals surface area contributed by atoms with E-state index in [0.717, 1.165) is 18.3 Å². The Labute approximate surface area is 160 Å². The van der Waals surface area contributed by atoms with Crippen molar-refractivity contribution in [2.45, 2.75) is 67.2 Å². The smallest absolute Gasteiger partial charge is 0.163 e. The Morgan fingerprint density at radius 3 is 2.69 bits per heavy atom. The largest absolute Gasteiger partial charge is 0.294 e. The molecule has 1 saturated carbocycles. The summed E-state index contributed by atoms with van der Waals surface area (Å²) >= 11 is 0. The van der Waals surface area contributed by atoms with Crippen LogP contribution in [0.4, 0.5) is 0 Å². The zero-order valence-corrected chi connectivity index (χ0v) is 17.5. The third kappa shape index (κ3) is 3.55. The van der Waals surface area contributed by atoms with Crippen molar-refractivity contribution < 1.29 is 4.79 Å². The lowest BCUT2D eigenvalue weighted by molar-refractivity contribution is -0.117. The first-order chi connectivity index (χ1) is 12.2. The predicted molar refractivity (Wildman–Crippen MR) is 111 cm³/mol. The third-order valence-corrected chi connectivity index (χ3v) is 7.51. The normalized spacial score (nSPS) is 40.2. The van der Waals surface area contributed by atoms with Crippen LogP contribution in [-0.2, 0) is 4.79 Å². The van der Waals surface area contributed by atoms with E-state index in [1.165, 1.54) is 36.0 Å². The molecular weight excluding hydrogens is 316 g/mol. The summed E-state index contributed by atoms with van der Waals surface area (Å²) < 4.78 is 0. The maximum atomic E-state index is 12.5. The number of hydrogen-bond donors (Lipinski definition) is 0. The van der Waals surface area contributed by atoms with Crippen LogP contribution in [0.3, 0.4) is 0 Å². The molecule has 0 aliphatic heterocycles. The van der Waals surface area contributed by atoms with E-state index in [-0.39, 0.29) is 5.92 Å². The summed E-state index contributed by atoms with van der Waals surface area (Å²) in [5.41, 5.74) is 4.35. The summed E-state index contributed by atoms with van der Waals surface area (Å²) in [6.07, 6.45) is 16.2. The Morgan fingerprint density at radius 1 is 1.27 bits per heavy atom. The van der Waals surface area contributed by atoms with Gasteiger partial charge in [0, 0.05) is 5.92 Å². The van der Waals surface area contributed by atoms with Gasteiger partial charge in [-0.3, -0.25) is 4.79 Å². The molecule has 6 atom stereocenters. The molecule has 0 aromatic carbocycles. The van der Waals surface area contributed by atoms with Crippen molar-refractivity contribution in [1.82, 2.24) is 0 Å². The lowest BCUT2D eigenvalue weighted by atomic mass is 9.64. The van der Waals surface area contributed by atoms with E-state index in [9.17, 15) is 4.79 Å². The van der Waals surface area contributed by atoms with Gasteiger partial charge in [-0.05, 0) is 88.5 Å². The van der Waals surface area contributed by atoms with Gasteiger partial charge < -0.3 is 0 Å². The molecule has 26 heavy (non-hydrogen) atoms. The molecule has 0 aromatic rings. The van der Waals surface area contributed by atoms with Gasteiger partial charge in [0.1, 0.15) is 0 Å². The first kappa shape index (κ1) is 19.4. The van der Waals surface area contributed by atoms with E-state index < -0.39 is 0 Å². The molecule has 0 aromatic heterocycles. The van der Waals surface area contributed by atoms with E-state index in [2.05, 4.69) is 65.8 Å². The molecule has 0 N–H and O–H groups in total. The van der Waals surface area contributed by atoms with Gasteiger partial charge >= 0.3 is 0 Å². The predicted octanol–water partition coefficient (Wildman–Crippen LogP) is 6.68. The quantitative estimate of drug-likeness (QED) is 0.409. The molecule has 1 fully saturated rings. The Bertz CT molecular complexity index is 685. The number of fused-ring (bicyclic) bond motifs is 2. The standard InChI is InChI=1S/C25H36O/c1-16(2)8-7-9-17(3)20-12-13-25(6)15-21-19(5)14-23(26)24(21)18(4)10-11-22(20)25/h7-10,14,17,20-22,24H,11-13,15H2,1-6H3/b9-7-,18-10-/t17-,20+,21+,22-,24-,25+/m0/s1. The third-order valence-electron chi connectivity index (χ3n) is 7.51. The van der Waals surface area contributed by atoms with E-state index in [1.807, 2.05) is 6.08 Å². The minimum Gasteiger partial charge on any atom is -0.294 e. The molecule has 0 amide bonds. The first-order valence-corrected chi connectivity index (χ1v) is 10.4. The molecule has 142 valence electrons. The van der Waals surface area contributed by atoms with Crippen molar-refractivity contribution >= 4 is 5.78 Å². The molecule has 0 heterocycles. The average molecular weight is 353 g/mol. The number of rotatable bonds is 3. The van der Waals surface area contributed by atoms with Crippen molar-refractivity contribution in [3.8, 4) is 0 Å². The Hall–Kier alpha value is -1.37. The van der Waals surface area contributed by atoms with E-state index >= 15 is 0 Å². The highest BCUT2D eigenvalue weighted by Crippen LogP contribution is 2.58. The van der Waals surface area contributed by atoms with Crippen molar-refractivity contribution in [3.63, 3.8) is 0 Å². The van der Waals surface area contributed by atoms with Crippen LogP contribution < -0.4 is 0 Å². The monoisotopic (exact) mass is 352 g/mol. The fourth-order valence-electron chi connectivity index (χ4n) is 5.95. The van der Waals surface area contributed by atoms with Gasteiger partial charge in [0.2, 0.25) is 0 Å². The molecule has 3 aliphatic carbocycles. The van der Waals surface area contributed by atoms with Gasteiger partial charge in [-0.15, -0.1) is 0 Å². The number of allylic oxidation sites excluding steroid dienone is 8. The Kier molecular flexibility index (Phi) is 5.47. The second kappa shape index (κ2) is 7.33. The van der Waals surface area contributed by atoms with Crippen LogP contribution in [-0.4, -0.2) is 5.78 Å². The summed E-state index contributed by atoms with van der Waals surface area (Å²) in [5.74, 6) is 3.00. The van der Waals surface area contributed by atoms with Gasteiger partial charge in [0.15, 0.2) is 5.78 Å². The summed E-state index contributed by atoms with van der Waals surface area (Å²) in [5, 5.41) is 0. The van der Waals surface area contributed by atoms with Crippen LogP contribution in [0, 0.1) is 35.0 Å². The minimum atomic E-state index is 0.127. The van der Waals surface area contributed by atoms with Crippen LogP contribution in [0.15, 0.2) is 47.1 Å². The highest BCUT2D eigenvalue weighted by Gasteiger charge is 2.50. The Morgan fingerprint density at radius 2 is 2.00 bits per heavy atom. The summed E-state index contributed by atoms with van der Waals surface area (Å²) in [4.78, 5) is 12.5. The van der Waals surface area contributed by atoms with Crippen molar-refractivity contribution in [3.05, 3.63) is 47.1 Å². The number of ketones is 1. The minimum absolute atomic E-state index is 0.127. The van der Waals surface area contributed by atoms with E-state index in [4.69, 9.17) is 0 Å². The maximum Gasteiger partial charge on any atom is 0.163 e. The zero-order chi connectivity index (χ0) is 19.1. The van der Waals surface area contributed by atoms with E-state index in [0.29, 0.717) is 23.0 Å². The molecule has 0 bridgehead atoms. The van der Waals surface area contributed by atoms with E-state index in [1.54, 1.807) is 0 Å². The van der Waals surface area contributed by atoms with Crippen LogP contribution in [0.2, 0.25) is 0 Å². The highest BCUT2D eigenvalue weighted by molar-refractivity contribution is 5.97. The summed E-state index contributed by atoms with van der Waals surface area (Å²) in [7, 11) is 0. The molecule has 1 nitrogen and oxygen atoms in total. The number of hydrogen-bond acceptors (Lipinski definition) is 1. The summed E-state index contributed by atoms with van der Waals surface area (Å²) in [6.45, 7) is 13.6. The zero-order valence-electron chi connectivity index (χ0n) is 17.5. The van der Waals surface area contributed by atoms with Gasteiger partial charge in [-0.2, -0.15) is 0 Å². The number of carbonyl (C=O) groups excluding carboxylic acids is 1. The second-order valence-electron chi connectivity index (χ2n) is 9.71. The lowest BCUT2D eigenvalue weighted by Gasteiger charge is -2.40.